The molecule has 0 atom stereocenters. The Morgan fingerprint density at radius 2 is 2.08 bits per heavy atom. The van der Waals surface area contributed by atoms with Crippen LogP contribution in [0.5, 0.6) is 0 Å². The van der Waals surface area contributed by atoms with Gasteiger partial charge in [-0.15, -0.1) is 0 Å². The lowest BCUT2D eigenvalue weighted by molar-refractivity contribution is 0.252. The third-order valence-electron chi connectivity index (χ3n) is 1.52. The van der Waals surface area contributed by atoms with Gasteiger partial charge in [-0.05, 0) is 18.6 Å². The van der Waals surface area contributed by atoms with E-state index in [2.05, 4.69) is 5.32 Å². The Kier molecular flexibility index (Phi) is 4.50. The number of carbonyl (C=O) groups excluding carboxylic acids is 1. The van der Waals surface area contributed by atoms with Crippen LogP contribution < -0.4 is 22.7 Å². The zero-order valence-corrected chi connectivity index (χ0v) is 7.50. The highest BCUT2D eigenvalue weighted by atomic mass is 16.2. The Morgan fingerprint density at radius 1 is 1.46 bits per heavy atom. The van der Waals surface area contributed by atoms with Crippen LogP contribution in [0.4, 0.5) is 10.5 Å². The maximum absolute atomic E-state index is 10.8. The molecule has 0 aliphatic carbocycles. The van der Waals surface area contributed by atoms with Gasteiger partial charge in [0.2, 0.25) is 0 Å². The van der Waals surface area contributed by atoms with E-state index in [1.54, 1.807) is 0 Å². The molecule has 5 nitrogen and oxygen atoms in total. The van der Waals surface area contributed by atoms with Gasteiger partial charge in [-0.2, -0.15) is 0 Å². The van der Waals surface area contributed by atoms with Gasteiger partial charge in [0.05, 0.1) is 0 Å². The molecule has 0 aliphatic heterocycles. The average molecular weight is 184 g/mol. The summed E-state index contributed by atoms with van der Waals surface area (Å²) in [5, 5.41) is 2.58. The van der Waals surface area contributed by atoms with Crippen molar-refractivity contribution in [2.24, 2.45) is 5.84 Å². The fourth-order valence-electron chi connectivity index (χ4n) is 0.872. The quantitative estimate of drug-likeness (QED) is 0.301. The molecule has 0 fully saturated rings. The first kappa shape index (κ1) is 11.4. The SMILES string of the molecule is Cc1ccccc1NC(=O)NN.N.[HH]. The Balaban J connectivity index is 0. The molecule has 0 saturated carbocycles. The van der Waals surface area contributed by atoms with Crippen LogP contribution in [0.3, 0.4) is 0 Å². The van der Waals surface area contributed by atoms with Crippen molar-refractivity contribution in [3.8, 4) is 0 Å². The van der Waals surface area contributed by atoms with Crippen molar-refractivity contribution in [1.82, 2.24) is 11.6 Å². The van der Waals surface area contributed by atoms with Gasteiger partial charge in [0.1, 0.15) is 0 Å². The lowest BCUT2D eigenvalue weighted by Crippen LogP contribution is -2.34. The number of anilines is 1. The second kappa shape index (κ2) is 5.13. The van der Waals surface area contributed by atoms with Crippen LogP contribution in [0.2, 0.25) is 0 Å². The minimum atomic E-state index is -0.413. The summed E-state index contributed by atoms with van der Waals surface area (Å²) in [6.45, 7) is 1.91. The van der Waals surface area contributed by atoms with Crippen LogP contribution in [0.25, 0.3) is 0 Å². The fourth-order valence-corrected chi connectivity index (χ4v) is 0.872. The van der Waals surface area contributed by atoms with E-state index in [1.165, 1.54) is 0 Å². The van der Waals surface area contributed by atoms with Crippen LogP contribution in [0.1, 0.15) is 6.99 Å². The lowest BCUT2D eigenvalue weighted by atomic mass is 10.2. The number of rotatable bonds is 1. The van der Waals surface area contributed by atoms with Crippen LogP contribution in [0.15, 0.2) is 24.3 Å². The summed E-state index contributed by atoms with van der Waals surface area (Å²) >= 11 is 0. The molecule has 1 aromatic carbocycles. The molecule has 13 heavy (non-hydrogen) atoms. The number of para-hydroxylation sites is 1. The van der Waals surface area contributed by atoms with E-state index >= 15 is 0 Å². The topological polar surface area (TPSA) is 102 Å². The van der Waals surface area contributed by atoms with Crippen LogP contribution in [-0.2, 0) is 0 Å². The normalized spacial score (nSPS) is 8.46. The minimum absolute atomic E-state index is 0. The predicted octanol–water partition coefficient (Wildman–Crippen LogP) is 1.40. The largest absolute Gasteiger partial charge is 0.344 e. The maximum atomic E-state index is 10.8. The third-order valence-corrected chi connectivity index (χ3v) is 1.52. The Bertz CT molecular complexity index is 292. The average Bonchev–Trinajstić information content (AvgIpc) is 2.09. The molecule has 0 radical (unpaired) electrons. The van der Waals surface area contributed by atoms with E-state index in [0.717, 1.165) is 11.3 Å². The van der Waals surface area contributed by atoms with Crippen molar-refractivity contribution in [1.29, 1.82) is 0 Å². The molecule has 0 spiro atoms. The van der Waals surface area contributed by atoms with Crippen molar-refractivity contribution in [3.63, 3.8) is 0 Å². The first-order valence-corrected chi connectivity index (χ1v) is 3.57. The first-order valence-electron chi connectivity index (χ1n) is 3.57. The number of nitrogens with one attached hydrogen (secondary N) is 2. The Hall–Kier alpha value is -1.59. The highest BCUT2D eigenvalue weighted by molar-refractivity contribution is 5.89. The molecule has 0 aromatic heterocycles. The molecule has 0 aliphatic rings. The molecule has 0 unspecified atom stereocenters. The second-order valence-electron chi connectivity index (χ2n) is 2.41. The van der Waals surface area contributed by atoms with Gasteiger partial charge in [0, 0.05) is 7.11 Å². The number of amides is 2. The van der Waals surface area contributed by atoms with Crippen molar-refractivity contribution in [3.05, 3.63) is 29.8 Å². The number of aryl methyl sites for hydroxylation is 1. The molecule has 1 aromatic rings. The molecule has 7 N–H and O–H groups in total. The molecule has 0 bridgehead atoms. The summed E-state index contributed by atoms with van der Waals surface area (Å²) < 4.78 is 0. The van der Waals surface area contributed by atoms with Gasteiger partial charge >= 0.3 is 6.03 Å². The molecule has 2 amide bonds. The summed E-state index contributed by atoms with van der Waals surface area (Å²) in [6, 6.07) is 7.06. The zero-order chi connectivity index (χ0) is 8.97. The van der Waals surface area contributed by atoms with Crippen molar-refractivity contribution in [2.75, 3.05) is 5.32 Å². The minimum Gasteiger partial charge on any atom is -0.344 e. The fraction of sp³-hybridized carbons (Fsp3) is 0.125. The molecule has 74 valence electrons. The standard InChI is InChI=1S/C8H11N3O.H3N.H2/c1-6-4-2-3-5-7(6)10-8(12)11-9;;/h2-5H,9H2,1H3,(H2,10,11,12);1H3;1H. The number of hydrazine groups is 1. The van der Waals surface area contributed by atoms with Gasteiger partial charge in [-0.1, -0.05) is 18.2 Å². The van der Waals surface area contributed by atoms with Gasteiger partial charge in [0.25, 0.3) is 0 Å². The second-order valence-corrected chi connectivity index (χ2v) is 2.41. The maximum Gasteiger partial charge on any atom is 0.333 e. The van der Waals surface area contributed by atoms with Crippen LogP contribution in [0, 0.1) is 6.92 Å². The smallest absolute Gasteiger partial charge is 0.333 e. The Morgan fingerprint density at radius 3 is 2.62 bits per heavy atom. The molecule has 1 rings (SSSR count). The number of hydrogen-bond donors (Lipinski definition) is 4. The number of urea groups is 1. The molecule has 5 heteroatoms. The summed E-state index contributed by atoms with van der Waals surface area (Å²) in [6.07, 6.45) is 0. The molecule has 0 saturated heterocycles. The van der Waals surface area contributed by atoms with E-state index in [9.17, 15) is 4.79 Å². The van der Waals surface area contributed by atoms with E-state index in [0.29, 0.717) is 0 Å². The summed E-state index contributed by atoms with van der Waals surface area (Å²) in [5.41, 5.74) is 3.76. The number of benzene rings is 1. The van der Waals surface area contributed by atoms with Crippen molar-refractivity contribution >= 4 is 11.7 Å². The number of hydrogen-bond acceptors (Lipinski definition) is 3. The molecular formula is C8H16N4O. The molecule has 0 heterocycles. The van der Waals surface area contributed by atoms with Gasteiger partial charge in [0.15, 0.2) is 0 Å². The van der Waals surface area contributed by atoms with Gasteiger partial charge in [-0.3, -0.25) is 5.43 Å². The van der Waals surface area contributed by atoms with Gasteiger partial charge < -0.3 is 11.5 Å². The highest BCUT2D eigenvalue weighted by Crippen LogP contribution is 2.12. The summed E-state index contributed by atoms with van der Waals surface area (Å²) in [5.74, 6) is 4.91. The zero-order valence-electron chi connectivity index (χ0n) is 7.50. The highest BCUT2D eigenvalue weighted by Gasteiger charge is 1.99. The molecular weight excluding hydrogens is 168 g/mol. The number of carbonyl (C=O) groups is 1. The van der Waals surface area contributed by atoms with E-state index in [1.807, 2.05) is 36.6 Å². The van der Waals surface area contributed by atoms with Crippen molar-refractivity contribution < 1.29 is 6.22 Å². The summed E-state index contributed by atoms with van der Waals surface area (Å²) in [4.78, 5) is 10.8. The van der Waals surface area contributed by atoms with E-state index in [-0.39, 0.29) is 7.58 Å². The predicted molar refractivity (Wildman–Crippen MR) is 54.7 cm³/mol. The van der Waals surface area contributed by atoms with Gasteiger partial charge in [-0.25, -0.2) is 10.6 Å². The monoisotopic (exact) mass is 184 g/mol. The van der Waals surface area contributed by atoms with E-state index < -0.39 is 6.03 Å². The third kappa shape index (κ3) is 3.10. The van der Waals surface area contributed by atoms with Crippen molar-refractivity contribution in [2.45, 2.75) is 6.92 Å². The van der Waals surface area contributed by atoms with Crippen LogP contribution >= 0.6 is 0 Å². The number of nitrogens with two attached hydrogens (primary N) is 1. The Labute approximate surface area is 78.4 Å². The summed E-state index contributed by atoms with van der Waals surface area (Å²) in [7, 11) is 0. The van der Waals surface area contributed by atoms with E-state index in [4.69, 9.17) is 5.84 Å². The van der Waals surface area contributed by atoms with Crippen LogP contribution in [-0.4, -0.2) is 6.03 Å². The first-order chi connectivity index (χ1) is 5.74. The lowest BCUT2D eigenvalue weighted by Gasteiger charge is -2.06.